The van der Waals surface area contributed by atoms with Crippen molar-refractivity contribution in [1.29, 1.82) is 0 Å². The highest BCUT2D eigenvalue weighted by molar-refractivity contribution is 6.30. The van der Waals surface area contributed by atoms with E-state index in [1.165, 1.54) is 0 Å². The van der Waals surface area contributed by atoms with Crippen LogP contribution in [0, 0.1) is 6.92 Å². The van der Waals surface area contributed by atoms with Crippen molar-refractivity contribution < 1.29 is 4.79 Å². The van der Waals surface area contributed by atoms with Gasteiger partial charge in [-0.1, -0.05) is 11.6 Å². The molecule has 2 aromatic rings. The van der Waals surface area contributed by atoms with Crippen LogP contribution < -0.4 is 5.32 Å². The van der Waals surface area contributed by atoms with Crippen molar-refractivity contribution in [2.24, 2.45) is 0 Å². The molecular formula is C16H19ClN4O. The minimum Gasteiger partial charge on any atom is -0.336 e. The summed E-state index contributed by atoms with van der Waals surface area (Å²) in [5, 5.41) is 8.48. The fourth-order valence-electron chi connectivity index (χ4n) is 2.68. The van der Waals surface area contributed by atoms with E-state index in [9.17, 15) is 4.79 Å². The Hall–Kier alpha value is -1.85. The molecule has 116 valence electrons. The summed E-state index contributed by atoms with van der Waals surface area (Å²) >= 11 is 5.90. The average molecular weight is 319 g/mol. The number of carbonyl (C=O) groups excluding carboxylic acids is 1. The third-order valence-corrected chi connectivity index (χ3v) is 4.13. The minimum atomic E-state index is 0.0473. The first-order valence-electron chi connectivity index (χ1n) is 7.39. The van der Waals surface area contributed by atoms with Crippen LogP contribution in [-0.2, 0) is 0 Å². The van der Waals surface area contributed by atoms with Crippen LogP contribution >= 0.6 is 11.6 Å². The van der Waals surface area contributed by atoms with E-state index in [1.807, 2.05) is 36.1 Å². The number of piperazine rings is 1. The molecule has 2 heterocycles. The molecule has 1 aromatic heterocycles. The number of aromatic nitrogens is 2. The second-order valence-corrected chi connectivity index (χ2v) is 6.09. The molecule has 0 spiro atoms. The van der Waals surface area contributed by atoms with Crippen LogP contribution in [0.3, 0.4) is 0 Å². The van der Waals surface area contributed by atoms with Crippen molar-refractivity contribution >= 4 is 17.5 Å². The molecule has 1 aliphatic heterocycles. The summed E-state index contributed by atoms with van der Waals surface area (Å²) in [6, 6.07) is 7.72. The third kappa shape index (κ3) is 3.00. The SMILES string of the molecule is Cc1nn(-c2ccc(Cl)cc2)cc1C(=O)N1CCN[C@H](C)C1. The van der Waals surface area contributed by atoms with Gasteiger partial charge in [0, 0.05) is 36.9 Å². The van der Waals surface area contributed by atoms with Crippen LogP contribution in [0.25, 0.3) is 5.69 Å². The van der Waals surface area contributed by atoms with Gasteiger partial charge in [0.05, 0.1) is 16.9 Å². The molecule has 0 bridgehead atoms. The Morgan fingerprint density at radius 3 is 2.77 bits per heavy atom. The lowest BCUT2D eigenvalue weighted by Crippen LogP contribution is -2.51. The Labute approximate surface area is 134 Å². The molecule has 5 nitrogen and oxygen atoms in total. The molecule has 1 aliphatic rings. The van der Waals surface area contributed by atoms with E-state index in [2.05, 4.69) is 17.3 Å². The lowest BCUT2D eigenvalue weighted by molar-refractivity contribution is 0.0708. The maximum absolute atomic E-state index is 12.7. The Bertz CT molecular complexity index is 680. The first-order chi connectivity index (χ1) is 10.5. The van der Waals surface area contributed by atoms with Crippen LogP contribution in [0.1, 0.15) is 23.0 Å². The van der Waals surface area contributed by atoms with Gasteiger partial charge >= 0.3 is 0 Å². The molecule has 0 unspecified atom stereocenters. The molecule has 1 N–H and O–H groups in total. The van der Waals surface area contributed by atoms with Gasteiger partial charge in [-0.2, -0.15) is 5.10 Å². The number of nitrogens with zero attached hydrogens (tertiary/aromatic N) is 3. The molecular weight excluding hydrogens is 300 g/mol. The molecule has 1 fully saturated rings. The summed E-state index contributed by atoms with van der Waals surface area (Å²) in [6.07, 6.45) is 1.80. The molecule has 6 heteroatoms. The van der Waals surface area contributed by atoms with Crippen molar-refractivity contribution in [3.63, 3.8) is 0 Å². The van der Waals surface area contributed by atoms with Gasteiger partial charge in [-0.3, -0.25) is 4.79 Å². The van der Waals surface area contributed by atoms with Crippen LogP contribution in [0.4, 0.5) is 0 Å². The zero-order chi connectivity index (χ0) is 15.7. The lowest BCUT2D eigenvalue weighted by Gasteiger charge is -2.31. The number of aryl methyl sites for hydroxylation is 1. The van der Waals surface area contributed by atoms with Crippen molar-refractivity contribution in [1.82, 2.24) is 20.0 Å². The van der Waals surface area contributed by atoms with Gasteiger partial charge in [0.15, 0.2) is 0 Å². The Morgan fingerprint density at radius 2 is 2.09 bits per heavy atom. The number of amides is 1. The highest BCUT2D eigenvalue weighted by atomic mass is 35.5. The fraction of sp³-hybridized carbons (Fsp3) is 0.375. The second kappa shape index (κ2) is 6.10. The van der Waals surface area contributed by atoms with Gasteiger partial charge in [0.1, 0.15) is 0 Å². The monoisotopic (exact) mass is 318 g/mol. The van der Waals surface area contributed by atoms with Crippen molar-refractivity contribution in [2.45, 2.75) is 19.9 Å². The largest absolute Gasteiger partial charge is 0.336 e. The Balaban J connectivity index is 1.85. The molecule has 22 heavy (non-hydrogen) atoms. The van der Waals surface area contributed by atoms with Crippen LogP contribution in [-0.4, -0.2) is 46.3 Å². The highest BCUT2D eigenvalue weighted by Crippen LogP contribution is 2.17. The normalized spacial score (nSPS) is 18.5. The van der Waals surface area contributed by atoms with E-state index in [0.717, 1.165) is 31.0 Å². The topological polar surface area (TPSA) is 50.2 Å². The number of hydrogen-bond donors (Lipinski definition) is 1. The van der Waals surface area contributed by atoms with Gasteiger partial charge in [0.25, 0.3) is 5.91 Å². The Morgan fingerprint density at radius 1 is 1.36 bits per heavy atom. The zero-order valence-corrected chi connectivity index (χ0v) is 13.5. The number of halogens is 1. The van der Waals surface area contributed by atoms with Crippen LogP contribution in [0.15, 0.2) is 30.5 Å². The predicted octanol–water partition coefficient (Wildman–Crippen LogP) is 2.27. The summed E-state index contributed by atoms with van der Waals surface area (Å²) in [6.45, 7) is 6.24. The highest BCUT2D eigenvalue weighted by Gasteiger charge is 2.24. The van der Waals surface area contributed by atoms with E-state index in [0.29, 0.717) is 16.6 Å². The predicted molar refractivity (Wildman–Crippen MR) is 86.7 cm³/mol. The van der Waals surface area contributed by atoms with Crippen LogP contribution in [0.2, 0.25) is 5.02 Å². The standard InChI is InChI=1S/C16H19ClN4O/c1-11-9-20(8-7-18-11)16(22)15-10-21(19-12(15)2)14-5-3-13(17)4-6-14/h3-6,10-11,18H,7-9H2,1-2H3/t11-/m1/s1. The van der Waals surface area contributed by atoms with Crippen molar-refractivity contribution in [3.8, 4) is 5.69 Å². The molecule has 0 saturated carbocycles. The second-order valence-electron chi connectivity index (χ2n) is 5.66. The first kappa shape index (κ1) is 15.1. The smallest absolute Gasteiger partial charge is 0.257 e. The van der Waals surface area contributed by atoms with Gasteiger partial charge in [-0.25, -0.2) is 4.68 Å². The van der Waals surface area contributed by atoms with Gasteiger partial charge in [-0.05, 0) is 38.1 Å². The van der Waals surface area contributed by atoms with E-state index < -0.39 is 0 Å². The maximum Gasteiger partial charge on any atom is 0.257 e. The number of hydrogen-bond acceptors (Lipinski definition) is 3. The van der Waals surface area contributed by atoms with Gasteiger partial charge in [-0.15, -0.1) is 0 Å². The summed E-state index contributed by atoms with van der Waals surface area (Å²) in [5.41, 5.74) is 2.29. The molecule has 3 rings (SSSR count). The van der Waals surface area contributed by atoms with Crippen LogP contribution in [0.5, 0.6) is 0 Å². The number of carbonyl (C=O) groups is 1. The van der Waals surface area contributed by atoms with E-state index >= 15 is 0 Å². The van der Waals surface area contributed by atoms with Crippen molar-refractivity contribution in [3.05, 3.63) is 46.7 Å². The summed E-state index contributed by atoms with van der Waals surface area (Å²) < 4.78 is 1.73. The fourth-order valence-corrected chi connectivity index (χ4v) is 2.81. The molecule has 1 saturated heterocycles. The summed E-state index contributed by atoms with van der Waals surface area (Å²) in [4.78, 5) is 14.6. The minimum absolute atomic E-state index is 0.0473. The summed E-state index contributed by atoms with van der Waals surface area (Å²) in [5.74, 6) is 0.0473. The number of benzene rings is 1. The zero-order valence-electron chi connectivity index (χ0n) is 12.7. The van der Waals surface area contributed by atoms with Gasteiger partial charge < -0.3 is 10.2 Å². The first-order valence-corrected chi connectivity index (χ1v) is 7.77. The molecule has 0 aliphatic carbocycles. The third-order valence-electron chi connectivity index (χ3n) is 3.88. The quantitative estimate of drug-likeness (QED) is 0.924. The Kier molecular flexibility index (Phi) is 4.18. The lowest BCUT2D eigenvalue weighted by atomic mass is 10.2. The summed E-state index contributed by atoms with van der Waals surface area (Å²) in [7, 11) is 0. The number of nitrogens with one attached hydrogen (secondary N) is 1. The molecule has 1 aromatic carbocycles. The van der Waals surface area contributed by atoms with Gasteiger partial charge in [0.2, 0.25) is 0 Å². The van der Waals surface area contributed by atoms with E-state index in [1.54, 1.807) is 10.9 Å². The molecule has 0 radical (unpaired) electrons. The van der Waals surface area contributed by atoms with E-state index in [4.69, 9.17) is 11.6 Å². The number of rotatable bonds is 2. The maximum atomic E-state index is 12.7. The molecule has 1 atom stereocenters. The van der Waals surface area contributed by atoms with E-state index in [-0.39, 0.29) is 5.91 Å². The van der Waals surface area contributed by atoms with Crippen molar-refractivity contribution in [2.75, 3.05) is 19.6 Å². The average Bonchev–Trinajstić information content (AvgIpc) is 2.89. The molecule has 1 amide bonds.